The van der Waals surface area contributed by atoms with Gasteiger partial charge in [-0.15, -0.1) is 0 Å². The van der Waals surface area contributed by atoms with Crippen molar-refractivity contribution in [2.45, 2.75) is 43.9 Å². The normalized spacial score (nSPS) is 33.2. The lowest BCUT2D eigenvalue weighted by atomic mass is 9.98. The largest absolute Gasteiger partial charge is 0.341 e. The first-order valence-electron chi connectivity index (χ1n) is 6.58. The molecule has 0 radical (unpaired) electrons. The molecule has 0 aromatic carbocycles. The summed E-state index contributed by atoms with van der Waals surface area (Å²) in [6.45, 7) is 4.67. The second-order valence-electron chi connectivity index (χ2n) is 5.84. The van der Waals surface area contributed by atoms with Crippen LogP contribution in [0.15, 0.2) is 4.99 Å². The van der Waals surface area contributed by atoms with Crippen molar-refractivity contribution in [1.29, 1.82) is 0 Å². The standard InChI is InChI=1S/C12H21N3O3S/c1-8(2)7-13-11-14-10(16)12(15-11)6-4-5-9(12)19(3,17)18/h8-9H,4-7H2,1-3H3,(H2,13,14,15,16). The van der Waals surface area contributed by atoms with Crippen LogP contribution in [0, 0.1) is 5.92 Å². The summed E-state index contributed by atoms with van der Waals surface area (Å²) in [6, 6.07) is 0. The highest BCUT2D eigenvalue weighted by molar-refractivity contribution is 7.91. The fourth-order valence-corrected chi connectivity index (χ4v) is 4.44. The maximum absolute atomic E-state index is 12.2. The quantitative estimate of drug-likeness (QED) is 0.768. The van der Waals surface area contributed by atoms with E-state index in [1.54, 1.807) is 0 Å². The second-order valence-corrected chi connectivity index (χ2v) is 8.07. The fourth-order valence-electron chi connectivity index (χ4n) is 2.83. The van der Waals surface area contributed by atoms with E-state index in [1.165, 1.54) is 6.26 Å². The van der Waals surface area contributed by atoms with E-state index in [0.717, 1.165) is 6.42 Å². The number of aliphatic imine (C=N–C) groups is 1. The molecule has 1 saturated heterocycles. The van der Waals surface area contributed by atoms with E-state index in [1.807, 2.05) is 13.8 Å². The second kappa shape index (κ2) is 4.77. The van der Waals surface area contributed by atoms with Crippen LogP contribution in [0.3, 0.4) is 0 Å². The summed E-state index contributed by atoms with van der Waals surface area (Å²) >= 11 is 0. The highest BCUT2D eigenvalue weighted by Gasteiger charge is 2.57. The Labute approximate surface area is 114 Å². The molecule has 2 fully saturated rings. The van der Waals surface area contributed by atoms with Gasteiger partial charge in [-0.05, 0) is 25.2 Å². The van der Waals surface area contributed by atoms with E-state index in [-0.39, 0.29) is 5.91 Å². The predicted octanol–water partition coefficient (Wildman–Crippen LogP) is 0.0537. The molecule has 0 bridgehead atoms. The molecule has 1 heterocycles. The van der Waals surface area contributed by atoms with E-state index in [9.17, 15) is 13.2 Å². The smallest absolute Gasteiger partial charge is 0.253 e. The van der Waals surface area contributed by atoms with Gasteiger partial charge in [0, 0.05) is 12.8 Å². The van der Waals surface area contributed by atoms with Gasteiger partial charge in [-0.1, -0.05) is 13.8 Å². The number of rotatable bonds is 3. The summed E-state index contributed by atoms with van der Waals surface area (Å²) in [7, 11) is -3.26. The van der Waals surface area contributed by atoms with Crippen molar-refractivity contribution in [1.82, 2.24) is 10.6 Å². The zero-order valence-electron chi connectivity index (χ0n) is 11.6. The Morgan fingerprint density at radius 3 is 2.74 bits per heavy atom. The Hall–Kier alpha value is -1.11. The molecule has 1 spiro atoms. The van der Waals surface area contributed by atoms with Crippen molar-refractivity contribution < 1.29 is 13.2 Å². The lowest BCUT2D eigenvalue weighted by Gasteiger charge is -2.26. The molecule has 1 amide bonds. The van der Waals surface area contributed by atoms with Crippen LogP contribution in [-0.2, 0) is 14.6 Å². The zero-order valence-corrected chi connectivity index (χ0v) is 12.4. The van der Waals surface area contributed by atoms with Gasteiger partial charge in [-0.2, -0.15) is 0 Å². The molecule has 2 rings (SSSR count). The minimum absolute atomic E-state index is 0.261. The molecule has 0 aromatic rings. The number of guanidine groups is 1. The lowest BCUT2D eigenvalue weighted by molar-refractivity contribution is -0.123. The SMILES string of the molecule is CC(C)CN=C1NC(=O)C2(CCCC2S(C)(=O)=O)N1. The average Bonchev–Trinajstić information content (AvgIpc) is 2.82. The first-order chi connectivity index (χ1) is 8.75. The van der Waals surface area contributed by atoms with Crippen molar-refractivity contribution in [3.8, 4) is 0 Å². The van der Waals surface area contributed by atoms with Crippen molar-refractivity contribution in [3.63, 3.8) is 0 Å². The van der Waals surface area contributed by atoms with Crippen molar-refractivity contribution in [2.24, 2.45) is 10.9 Å². The summed E-state index contributed by atoms with van der Waals surface area (Å²) in [5, 5.41) is 5.06. The topological polar surface area (TPSA) is 87.6 Å². The van der Waals surface area contributed by atoms with Gasteiger partial charge in [0.05, 0.1) is 5.25 Å². The molecule has 2 atom stereocenters. The summed E-state index contributed by atoms with van der Waals surface area (Å²) < 4.78 is 23.7. The Kier molecular flexibility index (Phi) is 3.59. The van der Waals surface area contributed by atoms with Gasteiger partial charge >= 0.3 is 0 Å². The molecule has 2 N–H and O–H groups in total. The van der Waals surface area contributed by atoms with Crippen LogP contribution in [0.25, 0.3) is 0 Å². The number of amides is 1. The predicted molar refractivity (Wildman–Crippen MR) is 73.6 cm³/mol. The van der Waals surface area contributed by atoms with E-state index < -0.39 is 20.6 Å². The van der Waals surface area contributed by atoms with Crippen LogP contribution in [0.4, 0.5) is 0 Å². The monoisotopic (exact) mass is 287 g/mol. The molecule has 108 valence electrons. The fraction of sp³-hybridized carbons (Fsp3) is 0.833. The molecule has 19 heavy (non-hydrogen) atoms. The zero-order chi connectivity index (χ0) is 14.3. The van der Waals surface area contributed by atoms with Gasteiger partial charge in [-0.25, -0.2) is 8.42 Å². The van der Waals surface area contributed by atoms with Crippen molar-refractivity contribution >= 4 is 21.7 Å². The number of hydrogen-bond acceptors (Lipinski definition) is 4. The first kappa shape index (κ1) is 14.3. The lowest BCUT2D eigenvalue weighted by Crippen LogP contribution is -2.55. The average molecular weight is 287 g/mol. The number of nitrogens with zero attached hydrogens (tertiary/aromatic N) is 1. The summed E-state index contributed by atoms with van der Waals surface area (Å²) in [4.78, 5) is 16.5. The van der Waals surface area contributed by atoms with Crippen LogP contribution >= 0.6 is 0 Å². The van der Waals surface area contributed by atoms with E-state index in [0.29, 0.717) is 31.3 Å². The van der Waals surface area contributed by atoms with Gasteiger partial charge in [-0.3, -0.25) is 15.1 Å². The van der Waals surface area contributed by atoms with E-state index >= 15 is 0 Å². The molecule has 7 heteroatoms. The third-order valence-electron chi connectivity index (χ3n) is 3.70. The van der Waals surface area contributed by atoms with Crippen molar-refractivity contribution in [2.75, 3.05) is 12.8 Å². The molecule has 6 nitrogen and oxygen atoms in total. The third-order valence-corrected chi connectivity index (χ3v) is 5.37. The number of carbonyl (C=O) groups excluding carboxylic acids is 1. The first-order valence-corrected chi connectivity index (χ1v) is 8.54. The van der Waals surface area contributed by atoms with Crippen molar-refractivity contribution in [3.05, 3.63) is 0 Å². The molecule has 0 aromatic heterocycles. The number of sulfone groups is 1. The van der Waals surface area contributed by atoms with Gasteiger partial charge < -0.3 is 5.32 Å². The van der Waals surface area contributed by atoms with Gasteiger partial charge in [0.15, 0.2) is 15.8 Å². The molecule has 1 aliphatic carbocycles. The van der Waals surface area contributed by atoms with Crippen LogP contribution in [0.5, 0.6) is 0 Å². The summed E-state index contributed by atoms with van der Waals surface area (Å²) in [5.74, 6) is 0.536. The highest BCUT2D eigenvalue weighted by atomic mass is 32.2. The molecular weight excluding hydrogens is 266 g/mol. The minimum atomic E-state index is -3.26. The number of hydrogen-bond donors (Lipinski definition) is 2. The van der Waals surface area contributed by atoms with Gasteiger partial charge in [0.25, 0.3) is 5.91 Å². The summed E-state index contributed by atoms with van der Waals surface area (Å²) in [6.07, 6.45) is 2.99. The molecule has 1 aliphatic heterocycles. The van der Waals surface area contributed by atoms with Crippen LogP contribution in [0.2, 0.25) is 0 Å². The van der Waals surface area contributed by atoms with Gasteiger partial charge in [0.2, 0.25) is 0 Å². The van der Waals surface area contributed by atoms with Gasteiger partial charge in [0.1, 0.15) is 5.54 Å². The third kappa shape index (κ3) is 2.61. The maximum Gasteiger partial charge on any atom is 0.253 e. The van der Waals surface area contributed by atoms with E-state index in [2.05, 4.69) is 15.6 Å². The minimum Gasteiger partial charge on any atom is -0.341 e. The van der Waals surface area contributed by atoms with E-state index in [4.69, 9.17) is 0 Å². The Bertz CT molecular complexity index is 512. The van der Waals surface area contributed by atoms with Crippen LogP contribution in [-0.4, -0.2) is 43.9 Å². The molecule has 2 unspecified atom stereocenters. The maximum atomic E-state index is 12.2. The Balaban J connectivity index is 2.25. The number of nitrogens with one attached hydrogen (secondary N) is 2. The molecule has 2 aliphatic rings. The summed E-state index contributed by atoms with van der Waals surface area (Å²) in [5.41, 5.74) is -1.01. The van der Waals surface area contributed by atoms with Crippen LogP contribution in [0.1, 0.15) is 33.1 Å². The Morgan fingerprint density at radius 2 is 2.16 bits per heavy atom. The highest BCUT2D eigenvalue weighted by Crippen LogP contribution is 2.36. The molecular formula is C12H21N3O3S. The Morgan fingerprint density at radius 1 is 1.47 bits per heavy atom. The van der Waals surface area contributed by atoms with Crippen LogP contribution < -0.4 is 10.6 Å². The number of carbonyl (C=O) groups is 1. The molecule has 1 saturated carbocycles.